The lowest BCUT2D eigenvalue weighted by molar-refractivity contribution is -0.302. The Balaban J connectivity index is 2.13. The molecule has 0 saturated carbocycles. The van der Waals surface area contributed by atoms with E-state index in [4.69, 9.17) is 0 Å². The molecule has 1 heterocycles. The quantitative estimate of drug-likeness (QED) is 0.929. The van der Waals surface area contributed by atoms with Crippen LogP contribution < -0.4 is 0 Å². The van der Waals surface area contributed by atoms with E-state index in [0.717, 1.165) is 5.56 Å². The number of carbonyl (C=O) groups excluding carboxylic acids is 1. The molecule has 0 bridgehead atoms. The molecule has 1 amide bonds. The topological polar surface area (TPSA) is 52.9 Å². The van der Waals surface area contributed by atoms with Crippen molar-refractivity contribution in [3.8, 4) is 0 Å². The van der Waals surface area contributed by atoms with Gasteiger partial charge in [0, 0.05) is 18.6 Å². The smallest absolute Gasteiger partial charge is 0.362 e. The lowest BCUT2D eigenvalue weighted by Gasteiger charge is -2.32. The molecule has 7 heteroatoms. The highest BCUT2D eigenvalue weighted by Gasteiger charge is 2.62. The van der Waals surface area contributed by atoms with Crippen LogP contribution in [-0.4, -0.2) is 33.6 Å². The Bertz CT molecular complexity index is 572. The van der Waals surface area contributed by atoms with Crippen molar-refractivity contribution in [3.63, 3.8) is 0 Å². The normalized spacial score (nSPS) is 21.9. The van der Waals surface area contributed by atoms with E-state index < -0.39 is 24.2 Å². The van der Waals surface area contributed by atoms with E-state index in [9.17, 15) is 23.1 Å². The van der Waals surface area contributed by atoms with Crippen LogP contribution in [-0.2, 0) is 11.2 Å². The zero-order chi connectivity index (χ0) is 16.4. The Morgan fingerprint density at radius 1 is 1.36 bits per heavy atom. The molecule has 2 rings (SSSR count). The summed E-state index contributed by atoms with van der Waals surface area (Å²) in [6.45, 7) is 1.63. The third-order valence-corrected chi connectivity index (χ3v) is 3.61. The van der Waals surface area contributed by atoms with E-state index in [-0.39, 0.29) is 23.6 Å². The summed E-state index contributed by atoms with van der Waals surface area (Å²) >= 11 is 0. The first-order chi connectivity index (χ1) is 10.3. The molecule has 0 aromatic heterocycles. The number of halogens is 3. The molecular weight excluding hydrogens is 297 g/mol. The highest BCUT2D eigenvalue weighted by Crippen LogP contribution is 2.41. The first kappa shape index (κ1) is 16.5. The Kier molecular flexibility index (Phi) is 4.55. The van der Waals surface area contributed by atoms with Crippen LogP contribution in [0.1, 0.15) is 31.7 Å². The van der Waals surface area contributed by atoms with E-state index in [2.05, 4.69) is 5.10 Å². The van der Waals surface area contributed by atoms with E-state index in [0.29, 0.717) is 6.42 Å². The Morgan fingerprint density at radius 2 is 2.00 bits per heavy atom. The van der Waals surface area contributed by atoms with Crippen LogP contribution in [0.4, 0.5) is 13.2 Å². The highest BCUT2D eigenvalue weighted by molar-refractivity contribution is 5.90. The molecule has 1 aliphatic rings. The SMILES string of the molecule is CCC1=NN(C(=O)CCc2ccccc2)[C@](O)(C(F)(F)F)C1. The summed E-state index contributed by atoms with van der Waals surface area (Å²) in [5.41, 5.74) is -2.23. The summed E-state index contributed by atoms with van der Waals surface area (Å²) in [5, 5.41) is 13.8. The van der Waals surface area contributed by atoms with E-state index in [1.807, 2.05) is 6.07 Å². The average Bonchev–Trinajstić information content (AvgIpc) is 2.84. The molecule has 0 unspecified atom stereocenters. The van der Waals surface area contributed by atoms with Gasteiger partial charge in [0.1, 0.15) is 0 Å². The summed E-state index contributed by atoms with van der Waals surface area (Å²) in [7, 11) is 0. The van der Waals surface area contributed by atoms with Gasteiger partial charge in [-0.2, -0.15) is 23.3 Å². The molecule has 0 fully saturated rings. The summed E-state index contributed by atoms with van der Waals surface area (Å²) < 4.78 is 39.3. The van der Waals surface area contributed by atoms with Gasteiger partial charge in [-0.3, -0.25) is 4.79 Å². The summed E-state index contributed by atoms with van der Waals surface area (Å²) in [4.78, 5) is 12.1. The van der Waals surface area contributed by atoms with Crippen LogP contribution in [0.3, 0.4) is 0 Å². The maximum Gasteiger partial charge on any atom is 0.438 e. The highest BCUT2D eigenvalue weighted by atomic mass is 19.4. The van der Waals surface area contributed by atoms with Gasteiger partial charge in [0.05, 0.1) is 0 Å². The van der Waals surface area contributed by atoms with E-state index in [1.54, 1.807) is 31.2 Å². The zero-order valence-electron chi connectivity index (χ0n) is 12.1. The Hall–Kier alpha value is -1.89. The predicted molar refractivity (Wildman–Crippen MR) is 75.0 cm³/mol. The third-order valence-electron chi connectivity index (χ3n) is 3.61. The number of amides is 1. The lowest BCUT2D eigenvalue weighted by atomic mass is 10.0. The van der Waals surface area contributed by atoms with Gasteiger partial charge >= 0.3 is 6.18 Å². The molecule has 120 valence electrons. The lowest BCUT2D eigenvalue weighted by Crippen LogP contribution is -2.56. The van der Waals surface area contributed by atoms with Crippen LogP contribution in [0.15, 0.2) is 35.4 Å². The summed E-state index contributed by atoms with van der Waals surface area (Å²) in [6.07, 6.45) is -5.25. The number of aliphatic hydroxyl groups is 1. The minimum Gasteiger partial charge on any atom is -0.362 e. The first-order valence-electron chi connectivity index (χ1n) is 7.00. The second kappa shape index (κ2) is 6.08. The minimum atomic E-state index is -4.95. The third kappa shape index (κ3) is 3.14. The molecule has 1 aromatic carbocycles. The number of nitrogens with zero attached hydrogens (tertiary/aromatic N) is 2. The number of hydrogen-bond donors (Lipinski definition) is 1. The molecule has 0 aliphatic carbocycles. The zero-order valence-corrected chi connectivity index (χ0v) is 12.1. The molecule has 0 spiro atoms. The molecular formula is C15H17F3N2O2. The Labute approximate surface area is 126 Å². The number of rotatable bonds is 4. The average molecular weight is 314 g/mol. The summed E-state index contributed by atoms with van der Waals surface area (Å²) in [6, 6.07) is 8.96. The molecule has 1 aromatic rings. The molecule has 1 N–H and O–H groups in total. The van der Waals surface area contributed by atoms with Gasteiger partial charge in [-0.25, -0.2) is 0 Å². The largest absolute Gasteiger partial charge is 0.438 e. The van der Waals surface area contributed by atoms with Gasteiger partial charge in [0.15, 0.2) is 0 Å². The number of alkyl halides is 3. The van der Waals surface area contributed by atoms with Crippen LogP contribution in [0, 0.1) is 0 Å². The van der Waals surface area contributed by atoms with Crippen LogP contribution in [0.5, 0.6) is 0 Å². The van der Waals surface area contributed by atoms with Crippen LogP contribution in [0.25, 0.3) is 0 Å². The van der Waals surface area contributed by atoms with Gasteiger partial charge < -0.3 is 5.11 Å². The number of aryl methyl sites for hydroxylation is 1. The molecule has 1 aliphatic heterocycles. The van der Waals surface area contributed by atoms with Crippen molar-refractivity contribution < 1.29 is 23.1 Å². The number of benzene rings is 1. The standard InChI is InChI=1S/C15H17F3N2O2/c1-2-12-10-14(22,15(16,17)18)20(19-12)13(21)9-8-11-6-4-3-5-7-11/h3-7,22H,2,8-10H2,1H3/t14-/m1/s1. The van der Waals surface area contributed by atoms with Crippen molar-refractivity contribution in [1.82, 2.24) is 5.01 Å². The van der Waals surface area contributed by atoms with Crippen molar-refractivity contribution in [2.24, 2.45) is 5.10 Å². The fourth-order valence-electron chi connectivity index (χ4n) is 2.30. The van der Waals surface area contributed by atoms with Gasteiger partial charge in [-0.1, -0.05) is 37.3 Å². The fraction of sp³-hybridized carbons (Fsp3) is 0.467. The van der Waals surface area contributed by atoms with Gasteiger partial charge in [-0.15, -0.1) is 0 Å². The summed E-state index contributed by atoms with van der Waals surface area (Å²) in [5.74, 6) is -0.841. The monoisotopic (exact) mass is 314 g/mol. The molecule has 0 saturated heterocycles. The van der Waals surface area contributed by atoms with Gasteiger partial charge in [0.2, 0.25) is 5.91 Å². The Morgan fingerprint density at radius 3 is 2.55 bits per heavy atom. The van der Waals surface area contributed by atoms with Crippen molar-refractivity contribution in [2.75, 3.05) is 0 Å². The van der Waals surface area contributed by atoms with Crippen LogP contribution >= 0.6 is 0 Å². The predicted octanol–water partition coefficient (Wildman–Crippen LogP) is 2.87. The second-order valence-corrected chi connectivity index (χ2v) is 5.20. The molecule has 1 atom stereocenters. The van der Waals surface area contributed by atoms with Gasteiger partial charge in [-0.05, 0) is 18.4 Å². The molecule has 4 nitrogen and oxygen atoms in total. The first-order valence-corrected chi connectivity index (χ1v) is 7.00. The number of carbonyl (C=O) groups is 1. The second-order valence-electron chi connectivity index (χ2n) is 5.20. The fourth-order valence-corrected chi connectivity index (χ4v) is 2.30. The van der Waals surface area contributed by atoms with Crippen molar-refractivity contribution in [2.45, 2.75) is 44.5 Å². The number of hydrazone groups is 1. The van der Waals surface area contributed by atoms with Crippen molar-refractivity contribution in [1.29, 1.82) is 0 Å². The van der Waals surface area contributed by atoms with Gasteiger partial charge in [0.25, 0.3) is 5.72 Å². The molecule has 0 radical (unpaired) electrons. The number of hydrogen-bond acceptors (Lipinski definition) is 3. The van der Waals surface area contributed by atoms with E-state index in [1.165, 1.54) is 0 Å². The van der Waals surface area contributed by atoms with Crippen molar-refractivity contribution >= 4 is 11.6 Å². The maximum atomic E-state index is 13.1. The van der Waals surface area contributed by atoms with Crippen molar-refractivity contribution in [3.05, 3.63) is 35.9 Å². The maximum absolute atomic E-state index is 13.1. The minimum absolute atomic E-state index is 0.150. The van der Waals surface area contributed by atoms with E-state index >= 15 is 0 Å². The molecule has 22 heavy (non-hydrogen) atoms. The van der Waals surface area contributed by atoms with Crippen LogP contribution in [0.2, 0.25) is 0 Å².